The summed E-state index contributed by atoms with van der Waals surface area (Å²) in [5.41, 5.74) is 1.40. The highest BCUT2D eigenvalue weighted by atomic mass is 32.1. The van der Waals surface area contributed by atoms with Crippen LogP contribution in [0.1, 0.15) is 28.8 Å². The van der Waals surface area contributed by atoms with Crippen molar-refractivity contribution in [2.75, 3.05) is 26.7 Å². The van der Waals surface area contributed by atoms with Crippen LogP contribution in [0.15, 0.2) is 41.1 Å². The van der Waals surface area contributed by atoms with Gasteiger partial charge in [-0.3, -0.25) is 9.59 Å². The molecule has 2 aliphatic heterocycles. The molecule has 136 valence electrons. The van der Waals surface area contributed by atoms with E-state index in [1.54, 1.807) is 7.11 Å². The predicted octanol–water partition coefficient (Wildman–Crippen LogP) is 3.02. The molecule has 0 N–H and O–H groups in total. The smallest absolute Gasteiger partial charge is 0.254 e. The lowest BCUT2D eigenvalue weighted by molar-refractivity contribution is -0.135. The van der Waals surface area contributed by atoms with Gasteiger partial charge in [-0.1, -0.05) is 12.1 Å². The molecule has 1 aromatic carbocycles. The maximum Gasteiger partial charge on any atom is 0.254 e. The number of nitrogens with zero attached hydrogens (tertiary/aromatic N) is 2. The van der Waals surface area contributed by atoms with Crippen LogP contribution in [0, 0.1) is 5.41 Å². The van der Waals surface area contributed by atoms with E-state index < -0.39 is 5.41 Å². The Morgan fingerprint density at radius 3 is 2.88 bits per heavy atom. The largest absolute Gasteiger partial charge is 0.497 e. The van der Waals surface area contributed by atoms with Gasteiger partial charge >= 0.3 is 0 Å². The van der Waals surface area contributed by atoms with Gasteiger partial charge in [0.25, 0.3) is 5.91 Å². The van der Waals surface area contributed by atoms with Gasteiger partial charge < -0.3 is 14.5 Å². The lowest BCUT2D eigenvalue weighted by Crippen LogP contribution is -2.38. The van der Waals surface area contributed by atoms with E-state index >= 15 is 0 Å². The summed E-state index contributed by atoms with van der Waals surface area (Å²) in [4.78, 5) is 29.5. The van der Waals surface area contributed by atoms with Crippen LogP contribution in [0.3, 0.4) is 0 Å². The van der Waals surface area contributed by atoms with Crippen molar-refractivity contribution in [2.24, 2.45) is 5.41 Å². The van der Waals surface area contributed by atoms with Crippen molar-refractivity contribution in [1.29, 1.82) is 0 Å². The molecule has 6 heteroatoms. The first-order chi connectivity index (χ1) is 12.6. The molecule has 0 unspecified atom stereocenters. The number of benzene rings is 1. The van der Waals surface area contributed by atoms with Crippen LogP contribution in [0.25, 0.3) is 0 Å². The van der Waals surface area contributed by atoms with Crippen molar-refractivity contribution >= 4 is 23.2 Å². The van der Waals surface area contributed by atoms with Crippen LogP contribution in [0.2, 0.25) is 0 Å². The van der Waals surface area contributed by atoms with E-state index in [4.69, 9.17) is 4.74 Å². The molecule has 2 fully saturated rings. The predicted molar refractivity (Wildman–Crippen MR) is 100 cm³/mol. The van der Waals surface area contributed by atoms with Crippen molar-refractivity contribution in [3.05, 3.63) is 52.2 Å². The zero-order chi connectivity index (χ0) is 18.1. The van der Waals surface area contributed by atoms with Crippen LogP contribution in [-0.4, -0.2) is 48.4 Å². The Balaban J connectivity index is 1.44. The number of ether oxygens (including phenoxy) is 1. The zero-order valence-corrected chi connectivity index (χ0v) is 15.6. The van der Waals surface area contributed by atoms with Crippen molar-refractivity contribution in [3.8, 4) is 5.75 Å². The third-order valence-corrected chi connectivity index (χ3v) is 6.20. The molecular formula is C20H22N2O3S. The van der Waals surface area contributed by atoms with Crippen molar-refractivity contribution in [3.63, 3.8) is 0 Å². The number of carbonyl (C=O) groups is 2. The summed E-state index contributed by atoms with van der Waals surface area (Å²) in [6.45, 7) is 2.54. The lowest BCUT2D eigenvalue weighted by atomic mass is 9.85. The molecule has 0 bridgehead atoms. The molecular weight excluding hydrogens is 348 g/mol. The molecule has 1 aromatic heterocycles. The van der Waals surface area contributed by atoms with Gasteiger partial charge in [0.2, 0.25) is 5.91 Å². The molecule has 0 aliphatic carbocycles. The Hall–Kier alpha value is -2.34. The highest BCUT2D eigenvalue weighted by Gasteiger charge is 2.51. The topological polar surface area (TPSA) is 49.9 Å². The zero-order valence-electron chi connectivity index (χ0n) is 14.8. The maximum atomic E-state index is 13.1. The first kappa shape index (κ1) is 17.1. The number of amides is 2. The summed E-state index contributed by atoms with van der Waals surface area (Å²) in [7, 11) is 1.65. The second-order valence-corrected chi connectivity index (χ2v) is 7.88. The highest BCUT2D eigenvalue weighted by molar-refractivity contribution is 7.08. The summed E-state index contributed by atoms with van der Waals surface area (Å²) in [5.74, 6) is 1.03. The second-order valence-electron chi connectivity index (χ2n) is 7.10. The summed E-state index contributed by atoms with van der Waals surface area (Å²) >= 11 is 1.52. The molecule has 5 nitrogen and oxygen atoms in total. The number of methoxy groups -OCH3 is 1. The van der Waals surface area contributed by atoms with Gasteiger partial charge in [-0.2, -0.15) is 11.3 Å². The quantitative estimate of drug-likeness (QED) is 0.831. The third-order valence-electron chi connectivity index (χ3n) is 5.52. The van der Waals surface area contributed by atoms with Gasteiger partial charge in [-0.05, 0) is 42.0 Å². The summed E-state index contributed by atoms with van der Waals surface area (Å²) in [5, 5.41) is 3.79. The van der Waals surface area contributed by atoms with Gasteiger partial charge in [0.1, 0.15) is 5.75 Å². The summed E-state index contributed by atoms with van der Waals surface area (Å²) in [6, 6.07) is 9.69. The van der Waals surface area contributed by atoms with E-state index in [1.165, 1.54) is 11.3 Å². The Bertz CT molecular complexity index is 820. The Morgan fingerprint density at radius 1 is 1.27 bits per heavy atom. The van der Waals surface area contributed by atoms with Gasteiger partial charge in [-0.15, -0.1) is 0 Å². The maximum absolute atomic E-state index is 13.1. The van der Waals surface area contributed by atoms with Crippen molar-refractivity contribution in [2.45, 2.75) is 19.4 Å². The molecule has 2 aliphatic rings. The molecule has 4 rings (SSSR count). The lowest BCUT2D eigenvalue weighted by Gasteiger charge is -2.23. The minimum Gasteiger partial charge on any atom is -0.497 e. The number of carbonyl (C=O) groups excluding carboxylic acids is 2. The molecule has 1 spiro atoms. The van der Waals surface area contributed by atoms with Crippen molar-refractivity contribution in [1.82, 2.24) is 9.80 Å². The monoisotopic (exact) mass is 370 g/mol. The first-order valence-electron chi connectivity index (χ1n) is 8.85. The van der Waals surface area contributed by atoms with Crippen LogP contribution in [-0.2, 0) is 11.3 Å². The first-order valence-corrected chi connectivity index (χ1v) is 9.79. The molecule has 0 saturated carbocycles. The normalized spacial score (nSPS) is 22.4. The van der Waals surface area contributed by atoms with Gasteiger partial charge in [0.15, 0.2) is 0 Å². The molecule has 1 atom stereocenters. The van der Waals surface area contributed by atoms with E-state index in [0.29, 0.717) is 19.6 Å². The molecule has 3 heterocycles. The Labute approximate surface area is 157 Å². The average Bonchev–Trinajstić information content (AvgIpc) is 3.40. The number of rotatable bonds is 4. The van der Waals surface area contributed by atoms with Crippen LogP contribution >= 0.6 is 11.3 Å². The number of thiophene rings is 1. The van der Waals surface area contributed by atoms with E-state index in [0.717, 1.165) is 36.3 Å². The fourth-order valence-electron chi connectivity index (χ4n) is 4.03. The van der Waals surface area contributed by atoms with Crippen LogP contribution < -0.4 is 4.74 Å². The summed E-state index contributed by atoms with van der Waals surface area (Å²) < 4.78 is 5.27. The van der Waals surface area contributed by atoms with Gasteiger partial charge in [0.05, 0.1) is 18.1 Å². The third kappa shape index (κ3) is 2.98. The minimum atomic E-state index is -0.398. The molecule has 2 aromatic rings. The number of likely N-dealkylation sites (tertiary alicyclic amines) is 2. The van der Waals surface area contributed by atoms with E-state index in [1.807, 2.05) is 50.9 Å². The molecule has 2 saturated heterocycles. The van der Waals surface area contributed by atoms with Gasteiger partial charge in [-0.25, -0.2) is 0 Å². The minimum absolute atomic E-state index is 0.0437. The number of hydrogen-bond donors (Lipinski definition) is 0. The SMILES string of the molecule is COc1cccc(CN2CC[C@@]3(CCN(C(=O)c4ccsc4)C3)C2=O)c1. The standard InChI is InChI=1S/C20H22N2O3S/c1-25-17-4-2-3-15(11-17)12-21-8-6-20(19(21)24)7-9-22(14-20)18(23)16-5-10-26-13-16/h2-5,10-11,13H,6-9,12,14H2,1H3/t20-/m0/s1. The second kappa shape index (κ2) is 6.76. The van der Waals surface area contributed by atoms with Crippen LogP contribution in [0.4, 0.5) is 0 Å². The fraction of sp³-hybridized carbons (Fsp3) is 0.400. The number of hydrogen-bond acceptors (Lipinski definition) is 4. The van der Waals surface area contributed by atoms with Gasteiger partial charge in [0, 0.05) is 31.6 Å². The van der Waals surface area contributed by atoms with E-state index in [2.05, 4.69) is 0 Å². The van der Waals surface area contributed by atoms with Crippen LogP contribution in [0.5, 0.6) is 5.75 Å². The summed E-state index contributed by atoms with van der Waals surface area (Å²) in [6.07, 6.45) is 1.58. The van der Waals surface area contributed by atoms with E-state index in [-0.39, 0.29) is 11.8 Å². The molecule has 0 radical (unpaired) electrons. The highest BCUT2D eigenvalue weighted by Crippen LogP contribution is 2.41. The average molecular weight is 370 g/mol. The fourth-order valence-corrected chi connectivity index (χ4v) is 4.66. The Morgan fingerprint density at radius 2 is 2.12 bits per heavy atom. The molecule has 26 heavy (non-hydrogen) atoms. The van der Waals surface area contributed by atoms with E-state index in [9.17, 15) is 9.59 Å². The van der Waals surface area contributed by atoms with Crippen molar-refractivity contribution < 1.29 is 14.3 Å². The Kier molecular flexibility index (Phi) is 4.44. The molecule has 2 amide bonds.